The highest BCUT2D eigenvalue weighted by Crippen LogP contribution is 2.32. The summed E-state index contributed by atoms with van der Waals surface area (Å²) in [6, 6.07) is 21.2. The van der Waals surface area contributed by atoms with Crippen molar-refractivity contribution in [3.05, 3.63) is 113 Å². The van der Waals surface area contributed by atoms with Gasteiger partial charge >= 0.3 is 5.97 Å². The number of carbonyl (C=O) groups is 2. The second-order valence-corrected chi connectivity index (χ2v) is 9.60. The Bertz CT molecular complexity index is 1730. The average molecular weight is 581 g/mol. The summed E-state index contributed by atoms with van der Waals surface area (Å²) in [5.41, 5.74) is 2.11. The summed E-state index contributed by atoms with van der Waals surface area (Å²) in [4.78, 5) is 25.4. The molecule has 0 aliphatic carbocycles. The lowest BCUT2D eigenvalue weighted by Gasteiger charge is -2.15. The minimum atomic E-state index is -0.530. The lowest BCUT2D eigenvalue weighted by atomic mass is 9.98. The van der Waals surface area contributed by atoms with Crippen LogP contribution < -0.4 is 18.9 Å². The maximum absolute atomic E-state index is 13.0. The Morgan fingerprint density at radius 3 is 2.09 bits per heavy atom. The molecule has 0 radical (unpaired) electrons. The SMILES string of the molecule is COc1ccc2cc([C@@H](C)C(=O)Oc3ccc(/C=C/C(=O)/C=C(O)/C=C/c4ccc(O)c(OC)c4)cc3OC)ccc2c1. The molecule has 8 heteroatoms. The third kappa shape index (κ3) is 7.83. The molecule has 8 nitrogen and oxygen atoms in total. The molecule has 0 aliphatic rings. The van der Waals surface area contributed by atoms with Crippen LogP contribution in [-0.4, -0.2) is 43.3 Å². The minimum Gasteiger partial charge on any atom is -0.508 e. The number of aromatic hydroxyl groups is 1. The van der Waals surface area contributed by atoms with E-state index in [0.717, 1.165) is 28.2 Å². The highest BCUT2D eigenvalue weighted by Gasteiger charge is 2.20. The summed E-state index contributed by atoms with van der Waals surface area (Å²) in [5.74, 6) is -0.0282. The average Bonchev–Trinajstić information content (AvgIpc) is 3.02. The van der Waals surface area contributed by atoms with E-state index in [1.807, 2.05) is 36.4 Å². The predicted molar refractivity (Wildman–Crippen MR) is 166 cm³/mol. The third-order valence-electron chi connectivity index (χ3n) is 6.70. The highest BCUT2D eigenvalue weighted by molar-refractivity contribution is 6.02. The number of hydrogen-bond acceptors (Lipinski definition) is 8. The Morgan fingerprint density at radius 1 is 0.721 bits per heavy atom. The summed E-state index contributed by atoms with van der Waals surface area (Å²) in [5, 5.41) is 21.8. The number of ether oxygens (including phenoxy) is 4. The normalized spacial score (nSPS) is 12.4. The highest BCUT2D eigenvalue weighted by atomic mass is 16.6. The molecule has 0 bridgehead atoms. The van der Waals surface area contributed by atoms with Gasteiger partial charge in [-0.2, -0.15) is 0 Å². The van der Waals surface area contributed by atoms with E-state index in [-0.39, 0.29) is 17.3 Å². The van der Waals surface area contributed by atoms with Crippen molar-refractivity contribution in [2.75, 3.05) is 21.3 Å². The number of ketones is 1. The van der Waals surface area contributed by atoms with Crippen LogP contribution in [-0.2, 0) is 9.59 Å². The van der Waals surface area contributed by atoms with Gasteiger partial charge < -0.3 is 29.2 Å². The molecule has 0 aromatic heterocycles. The van der Waals surface area contributed by atoms with E-state index in [4.69, 9.17) is 18.9 Å². The van der Waals surface area contributed by atoms with Crippen LogP contribution in [0.15, 0.2) is 96.8 Å². The number of phenols is 1. The Balaban J connectivity index is 1.40. The van der Waals surface area contributed by atoms with E-state index in [1.165, 1.54) is 32.4 Å². The first kappa shape index (κ1) is 30.5. The van der Waals surface area contributed by atoms with Crippen LogP contribution in [0.3, 0.4) is 0 Å². The molecule has 0 saturated heterocycles. The van der Waals surface area contributed by atoms with Crippen LogP contribution in [0.4, 0.5) is 0 Å². The van der Waals surface area contributed by atoms with E-state index >= 15 is 0 Å². The number of allylic oxidation sites excluding steroid dienone is 3. The second-order valence-electron chi connectivity index (χ2n) is 9.60. The van der Waals surface area contributed by atoms with Crippen LogP contribution in [0.2, 0.25) is 0 Å². The number of methoxy groups -OCH3 is 3. The minimum absolute atomic E-state index is 0.0000476. The summed E-state index contributed by atoms with van der Waals surface area (Å²) in [6.07, 6.45) is 6.86. The lowest BCUT2D eigenvalue weighted by Crippen LogP contribution is -2.16. The fourth-order valence-electron chi connectivity index (χ4n) is 4.24. The maximum Gasteiger partial charge on any atom is 0.318 e. The number of phenolic OH excluding ortho intramolecular Hbond substituents is 1. The van der Waals surface area contributed by atoms with E-state index < -0.39 is 17.7 Å². The van der Waals surface area contributed by atoms with Crippen molar-refractivity contribution in [1.82, 2.24) is 0 Å². The Kier molecular flexibility index (Phi) is 9.85. The smallest absolute Gasteiger partial charge is 0.318 e. The van der Waals surface area contributed by atoms with E-state index in [2.05, 4.69) is 0 Å². The first-order valence-corrected chi connectivity index (χ1v) is 13.4. The predicted octanol–water partition coefficient (Wildman–Crippen LogP) is 7.02. The van der Waals surface area contributed by atoms with Crippen molar-refractivity contribution < 1.29 is 38.7 Å². The number of aliphatic hydroxyl groups is 1. The monoisotopic (exact) mass is 580 g/mol. The molecule has 0 unspecified atom stereocenters. The quantitative estimate of drug-likeness (QED) is 0.0640. The van der Waals surface area contributed by atoms with Crippen molar-refractivity contribution in [1.29, 1.82) is 0 Å². The van der Waals surface area contributed by atoms with Gasteiger partial charge in [0.15, 0.2) is 28.8 Å². The van der Waals surface area contributed by atoms with Gasteiger partial charge in [-0.05, 0) is 82.9 Å². The molecule has 0 spiro atoms. The van der Waals surface area contributed by atoms with Gasteiger partial charge in [-0.1, -0.05) is 48.6 Å². The van der Waals surface area contributed by atoms with Crippen molar-refractivity contribution >= 4 is 34.7 Å². The Labute approximate surface area is 249 Å². The molecule has 4 aromatic rings. The van der Waals surface area contributed by atoms with Gasteiger partial charge in [-0.25, -0.2) is 0 Å². The number of carbonyl (C=O) groups excluding carboxylic acids is 2. The van der Waals surface area contributed by atoms with Gasteiger partial charge in [0.25, 0.3) is 0 Å². The van der Waals surface area contributed by atoms with Crippen molar-refractivity contribution in [3.63, 3.8) is 0 Å². The van der Waals surface area contributed by atoms with Crippen LogP contribution in [0.25, 0.3) is 22.9 Å². The van der Waals surface area contributed by atoms with Crippen LogP contribution >= 0.6 is 0 Å². The maximum atomic E-state index is 13.0. The first-order valence-electron chi connectivity index (χ1n) is 13.4. The van der Waals surface area contributed by atoms with Crippen molar-refractivity contribution in [2.24, 2.45) is 0 Å². The van der Waals surface area contributed by atoms with Crippen LogP contribution in [0.1, 0.15) is 29.5 Å². The fourth-order valence-corrected chi connectivity index (χ4v) is 4.24. The fraction of sp³-hybridized carbons (Fsp3) is 0.143. The van der Waals surface area contributed by atoms with Gasteiger partial charge in [0.1, 0.15) is 11.5 Å². The Hall–Kier alpha value is -5.50. The summed E-state index contributed by atoms with van der Waals surface area (Å²) >= 11 is 0. The summed E-state index contributed by atoms with van der Waals surface area (Å²) in [6.45, 7) is 1.78. The number of esters is 1. The third-order valence-corrected chi connectivity index (χ3v) is 6.70. The zero-order valence-corrected chi connectivity index (χ0v) is 24.2. The van der Waals surface area contributed by atoms with Crippen molar-refractivity contribution in [2.45, 2.75) is 12.8 Å². The molecule has 4 rings (SSSR count). The zero-order chi connectivity index (χ0) is 30.9. The van der Waals surface area contributed by atoms with Gasteiger partial charge in [-0.3, -0.25) is 9.59 Å². The van der Waals surface area contributed by atoms with E-state index in [0.29, 0.717) is 22.6 Å². The lowest BCUT2D eigenvalue weighted by molar-refractivity contribution is -0.135. The van der Waals surface area contributed by atoms with E-state index in [9.17, 15) is 19.8 Å². The number of aliphatic hydroxyl groups excluding tert-OH is 1. The summed E-state index contributed by atoms with van der Waals surface area (Å²) < 4.78 is 21.4. The molecule has 0 fully saturated rings. The largest absolute Gasteiger partial charge is 0.508 e. The van der Waals surface area contributed by atoms with Crippen molar-refractivity contribution in [3.8, 4) is 28.7 Å². The molecule has 0 saturated carbocycles. The topological polar surface area (TPSA) is 112 Å². The molecule has 220 valence electrons. The second kappa shape index (κ2) is 13.9. The molecule has 4 aromatic carbocycles. The van der Waals surface area contributed by atoms with Gasteiger partial charge in [0.2, 0.25) is 0 Å². The van der Waals surface area contributed by atoms with Gasteiger partial charge in [0, 0.05) is 6.08 Å². The van der Waals surface area contributed by atoms with Crippen LogP contribution in [0.5, 0.6) is 28.7 Å². The van der Waals surface area contributed by atoms with Crippen LogP contribution in [0, 0.1) is 0 Å². The zero-order valence-electron chi connectivity index (χ0n) is 24.2. The molecule has 0 heterocycles. The number of rotatable bonds is 11. The standard InChI is InChI=1S/C35H32O8/c1-22(25-9-10-27-20-30(40-2)14-11-26(27)19-25)35(39)43-32-16-8-24(18-34(32)42-4)6-13-29(37)21-28(36)12-5-23-7-15-31(38)33(17-23)41-3/h5-22,36,38H,1-4H3/b12-5+,13-6+,28-21-/t22-/m1/s1. The molecule has 0 amide bonds. The number of hydrogen-bond donors (Lipinski definition) is 2. The molecule has 43 heavy (non-hydrogen) atoms. The molecular weight excluding hydrogens is 548 g/mol. The first-order chi connectivity index (χ1) is 20.7. The number of benzene rings is 4. The molecule has 0 aliphatic heterocycles. The number of fused-ring (bicyclic) bond motifs is 1. The van der Waals surface area contributed by atoms with Gasteiger partial charge in [-0.15, -0.1) is 0 Å². The summed E-state index contributed by atoms with van der Waals surface area (Å²) in [7, 11) is 4.52. The Morgan fingerprint density at radius 2 is 1.37 bits per heavy atom. The van der Waals surface area contributed by atoms with E-state index in [1.54, 1.807) is 56.5 Å². The van der Waals surface area contributed by atoms with Gasteiger partial charge in [0.05, 0.1) is 27.2 Å². The molecule has 1 atom stereocenters. The molecular formula is C35H32O8. The molecule has 2 N–H and O–H groups in total.